The van der Waals surface area contributed by atoms with Crippen LogP contribution in [0.25, 0.3) is 11.0 Å². The SMILES string of the molecule is O=S(=O)(CCSc1nc2ccccc2n1C(F)F)Oc1ccccc1. The van der Waals surface area contributed by atoms with Crippen molar-refractivity contribution >= 4 is 32.9 Å². The van der Waals surface area contributed by atoms with Crippen LogP contribution in [0.2, 0.25) is 0 Å². The van der Waals surface area contributed by atoms with Gasteiger partial charge >= 0.3 is 16.7 Å². The summed E-state index contributed by atoms with van der Waals surface area (Å²) in [6, 6.07) is 14.6. The van der Waals surface area contributed by atoms with Gasteiger partial charge in [-0.25, -0.2) is 4.98 Å². The quantitative estimate of drug-likeness (QED) is 0.456. The number of hydrogen-bond acceptors (Lipinski definition) is 5. The van der Waals surface area contributed by atoms with Crippen LogP contribution in [0.3, 0.4) is 0 Å². The Bertz CT molecular complexity index is 960. The minimum atomic E-state index is -3.81. The van der Waals surface area contributed by atoms with Crippen molar-refractivity contribution in [1.82, 2.24) is 9.55 Å². The van der Waals surface area contributed by atoms with E-state index in [0.29, 0.717) is 11.0 Å². The molecule has 0 aliphatic carbocycles. The first-order valence-electron chi connectivity index (χ1n) is 7.31. The molecule has 0 aliphatic rings. The summed E-state index contributed by atoms with van der Waals surface area (Å²) in [5, 5.41) is 0.0751. The zero-order valence-corrected chi connectivity index (χ0v) is 14.5. The molecule has 0 unspecified atom stereocenters. The fraction of sp³-hybridized carbons (Fsp3) is 0.188. The zero-order chi connectivity index (χ0) is 17.9. The highest BCUT2D eigenvalue weighted by atomic mass is 32.2. The molecule has 3 rings (SSSR count). The van der Waals surface area contributed by atoms with E-state index in [1.807, 2.05) is 0 Å². The van der Waals surface area contributed by atoms with Crippen LogP contribution in [0.1, 0.15) is 6.55 Å². The molecule has 0 bridgehead atoms. The second-order valence-electron chi connectivity index (χ2n) is 5.04. The van der Waals surface area contributed by atoms with Crippen LogP contribution in [0, 0.1) is 0 Å². The van der Waals surface area contributed by atoms with E-state index >= 15 is 0 Å². The Hall–Kier alpha value is -2.13. The molecule has 0 amide bonds. The van der Waals surface area contributed by atoms with Crippen LogP contribution < -0.4 is 4.18 Å². The molecule has 5 nitrogen and oxygen atoms in total. The van der Waals surface area contributed by atoms with Gasteiger partial charge in [-0.3, -0.25) is 4.57 Å². The number of fused-ring (bicyclic) bond motifs is 1. The third-order valence-corrected chi connectivity index (χ3v) is 5.65. The topological polar surface area (TPSA) is 61.2 Å². The van der Waals surface area contributed by atoms with Gasteiger partial charge in [0.15, 0.2) is 5.16 Å². The fourth-order valence-electron chi connectivity index (χ4n) is 2.21. The molecule has 0 radical (unpaired) electrons. The first-order valence-corrected chi connectivity index (χ1v) is 9.88. The summed E-state index contributed by atoms with van der Waals surface area (Å²) in [4.78, 5) is 4.15. The Kier molecular flexibility index (Phi) is 5.24. The maximum Gasteiger partial charge on any atom is 0.321 e. The summed E-state index contributed by atoms with van der Waals surface area (Å²) in [6.45, 7) is -2.76. The Morgan fingerprint density at radius 2 is 1.76 bits per heavy atom. The second-order valence-corrected chi connectivity index (χ2v) is 7.79. The largest absolute Gasteiger partial charge is 0.382 e. The molecule has 3 aromatic rings. The van der Waals surface area contributed by atoms with Gasteiger partial charge in [0.05, 0.1) is 16.8 Å². The molecule has 0 fully saturated rings. The van der Waals surface area contributed by atoms with E-state index in [0.717, 1.165) is 16.3 Å². The maximum absolute atomic E-state index is 13.3. The van der Waals surface area contributed by atoms with Crippen molar-refractivity contribution in [2.45, 2.75) is 11.7 Å². The summed E-state index contributed by atoms with van der Waals surface area (Å²) in [6.07, 6.45) is 0. The Labute approximate surface area is 147 Å². The van der Waals surface area contributed by atoms with Gasteiger partial charge in [0.2, 0.25) is 0 Å². The van der Waals surface area contributed by atoms with Crippen LogP contribution in [0.5, 0.6) is 5.75 Å². The van der Waals surface area contributed by atoms with Crippen LogP contribution in [-0.4, -0.2) is 29.5 Å². The number of imidazole rings is 1. The molecular formula is C16H14F2N2O3S2. The van der Waals surface area contributed by atoms with Gasteiger partial charge < -0.3 is 4.18 Å². The molecule has 0 spiro atoms. The minimum absolute atomic E-state index is 0.0468. The van der Waals surface area contributed by atoms with Gasteiger partial charge in [0.1, 0.15) is 5.75 Å². The van der Waals surface area contributed by atoms with Crippen LogP contribution >= 0.6 is 11.8 Å². The molecular weight excluding hydrogens is 370 g/mol. The van der Waals surface area contributed by atoms with Crippen molar-refractivity contribution in [3.63, 3.8) is 0 Å². The van der Waals surface area contributed by atoms with Gasteiger partial charge in [-0.2, -0.15) is 17.2 Å². The molecule has 0 N–H and O–H groups in total. The number of aromatic nitrogens is 2. The smallest absolute Gasteiger partial charge is 0.321 e. The van der Waals surface area contributed by atoms with Gasteiger partial charge in [-0.15, -0.1) is 0 Å². The molecule has 9 heteroatoms. The number of benzene rings is 2. The van der Waals surface area contributed by atoms with Crippen LogP contribution in [0.15, 0.2) is 59.8 Å². The lowest BCUT2D eigenvalue weighted by Gasteiger charge is -2.08. The molecule has 1 heterocycles. The van der Waals surface area contributed by atoms with Gasteiger partial charge in [-0.1, -0.05) is 42.1 Å². The van der Waals surface area contributed by atoms with Gasteiger partial charge in [0.25, 0.3) is 0 Å². The van der Waals surface area contributed by atoms with Crippen molar-refractivity contribution in [2.75, 3.05) is 11.5 Å². The summed E-state index contributed by atoms with van der Waals surface area (Å²) >= 11 is 0.951. The van der Waals surface area contributed by atoms with Crippen molar-refractivity contribution in [3.05, 3.63) is 54.6 Å². The molecule has 132 valence electrons. The first-order chi connectivity index (χ1) is 12.0. The van der Waals surface area contributed by atoms with Gasteiger partial charge in [-0.05, 0) is 24.3 Å². The van der Waals surface area contributed by atoms with Crippen molar-refractivity contribution < 1.29 is 21.4 Å². The number of rotatable bonds is 7. The Morgan fingerprint density at radius 3 is 2.48 bits per heavy atom. The van der Waals surface area contributed by atoms with E-state index < -0.39 is 16.7 Å². The highest BCUT2D eigenvalue weighted by Crippen LogP contribution is 2.29. The van der Waals surface area contributed by atoms with Crippen molar-refractivity contribution in [2.24, 2.45) is 0 Å². The average molecular weight is 384 g/mol. The lowest BCUT2D eigenvalue weighted by atomic mass is 10.3. The monoisotopic (exact) mass is 384 g/mol. The van der Waals surface area contributed by atoms with E-state index in [1.54, 1.807) is 42.5 Å². The average Bonchev–Trinajstić information content (AvgIpc) is 2.93. The highest BCUT2D eigenvalue weighted by molar-refractivity contribution is 8.00. The number of alkyl halides is 2. The molecule has 25 heavy (non-hydrogen) atoms. The number of halogens is 2. The number of thioether (sulfide) groups is 1. The van der Waals surface area contributed by atoms with Gasteiger partial charge in [0, 0.05) is 5.75 Å². The predicted molar refractivity (Wildman–Crippen MR) is 92.6 cm³/mol. The molecule has 2 aromatic carbocycles. The number of para-hydroxylation sites is 3. The molecule has 1 aromatic heterocycles. The zero-order valence-electron chi connectivity index (χ0n) is 12.9. The highest BCUT2D eigenvalue weighted by Gasteiger charge is 2.19. The summed E-state index contributed by atoms with van der Waals surface area (Å²) < 4.78 is 56.3. The first kappa shape index (κ1) is 17.7. The molecule has 0 aliphatic heterocycles. The van der Waals surface area contributed by atoms with E-state index in [4.69, 9.17) is 4.18 Å². The Balaban J connectivity index is 1.70. The summed E-state index contributed by atoms with van der Waals surface area (Å²) in [5.74, 6) is -0.0585. The van der Waals surface area contributed by atoms with Crippen molar-refractivity contribution in [1.29, 1.82) is 0 Å². The molecule has 0 saturated heterocycles. The molecule has 0 atom stereocenters. The van der Waals surface area contributed by atoms with E-state index in [1.165, 1.54) is 12.1 Å². The standard InChI is InChI=1S/C16H14F2N2O3S2/c17-15(18)20-14-9-5-4-8-13(14)19-16(20)24-10-11-25(21,22)23-12-6-2-1-3-7-12/h1-9,15H,10-11H2. The van der Waals surface area contributed by atoms with Crippen molar-refractivity contribution in [3.8, 4) is 5.75 Å². The normalized spacial score (nSPS) is 12.0. The third kappa shape index (κ3) is 4.29. The minimum Gasteiger partial charge on any atom is -0.382 e. The predicted octanol–water partition coefficient (Wildman–Crippen LogP) is 3.93. The van der Waals surface area contributed by atoms with E-state index in [9.17, 15) is 17.2 Å². The summed E-state index contributed by atoms with van der Waals surface area (Å²) in [7, 11) is -3.81. The fourth-order valence-corrected chi connectivity index (χ4v) is 4.51. The van der Waals surface area contributed by atoms with Crippen LogP contribution in [0.4, 0.5) is 8.78 Å². The summed E-state index contributed by atoms with van der Waals surface area (Å²) in [5.41, 5.74) is 0.747. The maximum atomic E-state index is 13.3. The van der Waals surface area contributed by atoms with E-state index in [-0.39, 0.29) is 22.4 Å². The number of nitrogens with zero attached hydrogens (tertiary/aromatic N) is 2. The van der Waals surface area contributed by atoms with Crippen LogP contribution in [-0.2, 0) is 10.1 Å². The lowest BCUT2D eigenvalue weighted by Crippen LogP contribution is -2.15. The van der Waals surface area contributed by atoms with E-state index in [2.05, 4.69) is 4.98 Å². The Morgan fingerprint density at radius 1 is 1.08 bits per heavy atom. The third-order valence-electron chi connectivity index (χ3n) is 3.29. The number of hydrogen-bond donors (Lipinski definition) is 0. The lowest BCUT2D eigenvalue weighted by molar-refractivity contribution is 0.0656. The second kappa shape index (κ2) is 7.40. The molecule has 0 saturated carbocycles.